The van der Waals surface area contributed by atoms with Crippen LogP contribution in [-0.4, -0.2) is 34.8 Å². The van der Waals surface area contributed by atoms with Gasteiger partial charge in [-0.3, -0.25) is 5.32 Å². The maximum Gasteiger partial charge on any atom is 0.247 e. The Hall–Kier alpha value is -0.570. The van der Waals surface area contributed by atoms with E-state index in [1.807, 2.05) is 6.92 Å². The largest absolute Gasteiger partial charge is 0.356 e. The van der Waals surface area contributed by atoms with Crippen molar-refractivity contribution < 1.29 is 9.68 Å². The van der Waals surface area contributed by atoms with Gasteiger partial charge in [0, 0.05) is 13.3 Å². The highest BCUT2D eigenvalue weighted by molar-refractivity contribution is 5.78. The molecule has 3 nitrogen and oxygen atoms in total. The van der Waals surface area contributed by atoms with E-state index in [-0.39, 0.29) is 6.23 Å². The minimum atomic E-state index is -0.346. The van der Waals surface area contributed by atoms with Crippen LogP contribution in [-0.2, 0) is 0 Å². The quantitative estimate of drug-likeness (QED) is 0.299. The second kappa shape index (κ2) is 14.7. The molecule has 1 atom stereocenters. The molecule has 0 aromatic rings. The Morgan fingerprint density at radius 3 is 1.75 bits per heavy atom. The number of amidine groups is 1. The van der Waals surface area contributed by atoms with Crippen LogP contribution in [0.2, 0.25) is 0 Å². The van der Waals surface area contributed by atoms with Crippen LogP contribution in [0.5, 0.6) is 0 Å². The third-order valence-electron chi connectivity index (χ3n) is 5.25. The van der Waals surface area contributed by atoms with Gasteiger partial charge in [0.1, 0.15) is 13.1 Å². The number of aliphatic hydroxyl groups excluding tert-OH is 1. The number of hydrogen-bond donors (Lipinski definition) is 2. The molecule has 0 aromatic heterocycles. The van der Waals surface area contributed by atoms with Crippen LogP contribution in [0.15, 0.2) is 0 Å². The van der Waals surface area contributed by atoms with Crippen molar-refractivity contribution in [2.75, 3.05) is 13.1 Å². The Morgan fingerprint density at radius 1 is 0.833 bits per heavy atom. The van der Waals surface area contributed by atoms with Crippen LogP contribution in [0.3, 0.4) is 0 Å². The number of aliphatic hydroxyl groups is 1. The van der Waals surface area contributed by atoms with Gasteiger partial charge in [-0.05, 0) is 6.42 Å². The molecule has 0 amide bonds. The molecule has 1 aliphatic heterocycles. The summed E-state index contributed by atoms with van der Waals surface area (Å²) in [6.45, 7) is 6.08. The smallest absolute Gasteiger partial charge is 0.247 e. The summed E-state index contributed by atoms with van der Waals surface area (Å²) < 4.78 is 2.10. The molecule has 142 valence electrons. The summed E-state index contributed by atoms with van der Waals surface area (Å²) in [6.07, 6.45) is 20.4. The maximum atomic E-state index is 9.70. The average molecular weight is 340 g/mol. The SMILES string of the molecule is CCCCCCCCCCCCCCCCC1=[N+](C(C)O)CCN1. The molecule has 0 radical (unpaired) electrons. The lowest BCUT2D eigenvalue weighted by Crippen LogP contribution is -2.28. The molecule has 1 rings (SSSR count). The van der Waals surface area contributed by atoms with E-state index < -0.39 is 0 Å². The normalized spacial score (nSPS) is 15.8. The molecule has 0 aromatic carbocycles. The number of hydrogen-bond acceptors (Lipinski definition) is 2. The zero-order valence-electron chi connectivity index (χ0n) is 16.5. The predicted molar refractivity (Wildman–Crippen MR) is 105 cm³/mol. The third kappa shape index (κ3) is 10.3. The highest BCUT2D eigenvalue weighted by Gasteiger charge is 2.22. The molecule has 0 saturated heterocycles. The lowest BCUT2D eigenvalue weighted by atomic mass is 10.0. The summed E-state index contributed by atoms with van der Waals surface area (Å²) in [7, 11) is 0. The molecule has 0 fully saturated rings. The molecule has 1 unspecified atom stereocenters. The third-order valence-corrected chi connectivity index (χ3v) is 5.25. The predicted octanol–water partition coefficient (Wildman–Crippen LogP) is 5.21. The molecule has 1 aliphatic rings. The van der Waals surface area contributed by atoms with E-state index in [9.17, 15) is 5.11 Å². The first-order valence-electron chi connectivity index (χ1n) is 10.8. The minimum absolute atomic E-state index is 0.346. The van der Waals surface area contributed by atoms with Gasteiger partial charge in [0.2, 0.25) is 5.84 Å². The second-order valence-electron chi connectivity index (χ2n) is 7.54. The molecule has 0 bridgehead atoms. The van der Waals surface area contributed by atoms with E-state index >= 15 is 0 Å². The highest BCUT2D eigenvalue weighted by Crippen LogP contribution is 2.13. The highest BCUT2D eigenvalue weighted by atomic mass is 16.3. The van der Waals surface area contributed by atoms with Gasteiger partial charge < -0.3 is 5.11 Å². The van der Waals surface area contributed by atoms with Crippen LogP contribution >= 0.6 is 0 Å². The standard InChI is InChI=1S/C21H42N2O/c1-3-4-5-6-7-8-9-10-11-12-13-14-15-16-17-21-22-18-19-23(21)20(2)24/h20,24H,3-19H2,1-2H3/p+1. The van der Waals surface area contributed by atoms with Crippen molar-refractivity contribution in [3.8, 4) is 0 Å². The van der Waals surface area contributed by atoms with Gasteiger partial charge in [-0.1, -0.05) is 90.4 Å². The summed E-state index contributed by atoms with van der Waals surface area (Å²) in [5.74, 6) is 1.25. The zero-order valence-corrected chi connectivity index (χ0v) is 16.5. The average Bonchev–Trinajstić information content (AvgIpc) is 3.04. The Kier molecular flexibility index (Phi) is 13.2. The number of nitrogens with zero attached hydrogens (tertiary/aromatic N) is 1. The number of rotatable bonds is 16. The van der Waals surface area contributed by atoms with Gasteiger partial charge in [0.05, 0.1) is 0 Å². The molecule has 0 spiro atoms. The summed E-state index contributed by atoms with van der Waals surface area (Å²) in [4.78, 5) is 0. The van der Waals surface area contributed by atoms with Crippen molar-refractivity contribution in [1.29, 1.82) is 0 Å². The Labute approximate surface area is 150 Å². The zero-order chi connectivity index (χ0) is 17.5. The fraction of sp³-hybridized carbons (Fsp3) is 0.952. The van der Waals surface area contributed by atoms with E-state index in [2.05, 4.69) is 16.8 Å². The lowest BCUT2D eigenvalue weighted by Gasteiger charge is -2.06. The van der Waals surface area contributed by atoms with Crippen molar-refractivity contribution >= 4 is 5.84 Å². The van der Waals surface area contributed by atoms with E-state index in [0.717, 1.165) is 19.5 Å². The van der Waals surface area contributed by atoms with E-state index in [1.54, 1.807) is 0 Å². The Morgan fingerprint density at radius 2 is 1.29 bits per heavy atom. The van der Waals surface area contributed by atoms with Crippen LogP contribution in [0.25, 0.3) is 0 Å². The van der Waals surface area contributed by atoms with Crippen molar-refractivity contribution in [3.05, 3.63) is 0 Å². The number of nitrogens with one attached hydrogen (secondary N) is 1. The first-order chi connectivity index (χ1) is 11.8. The first-order valence-corrected chi connectivity index (χ1v) is 10.8. The van der Waals surface area contributed by atoms with E-state index in [1.165, 1.54) is 95.7 Å². The van der Waals surface area contributed by atoms with Crippen LogP contribution in [0.1, 0.15) is 110 Å². The molecule has 0 saturated carbocycles. The molecular weight excluding hydrogens is 296 g/mol. The van der Waals surface area contributed by atoms with Gasteiger partial charge in [-0.2, -0.15) is 0 Å². The van der Waals surface area contributed by atoms with Gasteiger partial charge >= 0.3 is 0 Å². The molecule has 24 heavy (non-hydrogen) atoms. The second-order valence-corrected chi connectivity index (χ2v) is 7.54. The van der Waals surface area contributed by atoms with E-state index in [4.69, 9.17) is 0 Å². The van der Waals surface area contributed by atoms with Crippen molar-refractivity contribution in [3.63, 3.8) is 0 Å². The van der Waals surface area contributed by atoms with Gasteiger partial charge in [-0.25, -0.2) is 4.58 Å². The van der Waals surface area contributed by atoms with Crippen LogP contribution in [0.4, 0.5) is 0 Å². The maximum absolute atomic E-state index is 9.70. The molecule has 2 N–H and O–H groups in total. The molecular formula is C21H43N2O+. The van der Waals surface area contributed by atoms with Gasteiger partial charge in [-0.15, -0.1) is 0 Å². The summed E-state index contributed by atoms with van der Waals surface area (Å²) in [5, 5.41) is 13.1. The fourth-order valence-corrected chi connectivity index (χ4v) is 3.69. The number of unbranched alkanes of at least 4 members (excludes halogenated alkanes) is 13. The summed E-state index contributed by atoms with van der Waals surface area (Å²) >= 11 is 0. The van der Waals surface area contributed by atoms with Gasteiger partial charge in [0.25, 0.3) is 0 Å². The van der Waals surface area contributed by atoms with E-state index in [0.29, 0.717) is 0 Å². The van der Waals surface area contributed by atoms with Crippen LogP contribution < -0.4 is 5.32 Å². The molecule has 3 heteroatoms. The lowest BCUT2D eigenvalue weighted by molar-refractivity contribution is -0.597. The Balaban J connectivity index is 1.82. The Bertz CT molecular complexity index is 326. The first kappa shape index (κ1) is 21.5. The topological polar surface area (TPSA) is 35.3 Å². The molecule has 1 heterocycles. The monoisotopic (exact) mass is 339 g/mol. The van der Waals surface area contributed by atoms with Crippen molar-refractivity contribution in [1.82, 2.24) is 5.32 Å². The summed E-state index contributed by atoms with van der Waals surface area (Å²) in [6, 6.07) is 0. The molecule has 0 aliphatic carbocycles. The summed E-state index contributed by atoms with van der Waals surface area (Å²) in [5.41, 5.74) is 0. The fourth-order valence-electron chi connectivity index (χ4n) is 3.69. The van der Waals surface area contributed by atoms with Crippen molar-refractivity contribution in [2.45, 2.75) is 116 Å². The van der Waals surface area contributed by atoms with Crippen molar-refractivity contribution in [2.24, 2.45) is 0 Å². The van der Waals surface area contributed by atoms with Crippen LogP contribution in [0, 0.1) is 0 Å². The van der Waals surface area contributed by atoms with Gasteiger partial charge in [0.15, 0.2) is 6.23 Å². The minimum Gasteiger partial charge on any atom is -0.356 e.